The minimum Gasteiger partial charge on any atom is -0.472 e. The number of hydrogen-bond acceptors (Lipinski definition) is 3. The van der Waals surface area contributed by atoms with Gasteiger partial charge in [0.25, 0.3) is 5.91 Å². The van der Waals surface area contributed by atoms with Gasteiger partial charge in [-0.2, -0.15) is 13.2 Å². The van der Waals surface area contributed by atoms with Crippen LogP contribution >= 0.6 is 0 Å². The highest BCUT2D eigenvalue weighted by molar-refractivity contribution is 5.94. The number of carbonyl (C=O) groups is 1. The van der Waals surface area contributed by atoms with Crippen LogP contribution in [0.3, 0.4) is 0 Å². The number of alkyl halides is 3. The third-order valence-electron chi connectivity index (χ3n) is 3.53. The van der Waals surface area contributed by atoms with Crippen molar-refractivity contribution in [1.29, 1.82) is 0 Å². The zero-order valence-corrected chi connectivity index (χ0v) is 13.4. The van der Waals surface area contributed by atoms with E-state index >= 15 is 0 Å². The lowest BCUT2D eigenvalue weighted by atomic mass is 10.2. The number of amides is 1. The lowest BCUT2D eigenvalue weighted by Gasteiger charge is -2.11. The predicted molar refractivity (Wildman–Crippen MR) is 87.8 cm³/mol. The van der Waals surface area contributed by atoms with Gasteiger partial charge >= 0.3 is 6.18 Å². The SMILES string of the molecule is O=C(NCc1ccoc1)c1cccc(Oc2cccc(C(F)(F)F)c2)c1. The Morgan fingerprint density at radius 3 is 2.46 bits per heavy atom. The van der Waals surface area contributed by atoms with E-state index in [1.807, 2.05) is 0 Å². The van der Waals surface area contributed by atoms with Crippen molar-refractivity contribution in [2.45, 2.75) is 12.7 Å². The summed E-state index contributed by atoms with van der Waals surface area (Å²) < 4.78 is 48.7. The van der Waals surface area contributed by atoms with Gasteiger partial charge in [0, 0.05) is 17.7 Å². The van der Waals surface area contributed by atoms with Crippen molar-refractivity contribution in [3.8, 4) is 11.5 Å². The van der Waals surface area contributed by atoms with Gasteiger partial charge in [-0.3, -0.25) is 4.79 Å². The van der Waals surface area contributed by atoms with Crippen molar-refractivity contribution in [1.82, 2.24) is 5.32 Å². The standard InChI is InChI=1S/C19H14F3NO3/c20-19(21,22)15-4-2-6-17(10-15)26-16-5-1-3-14(9-16)18(24)23-11-13-7-8-25-12-13/h1-10,12H,11H2,(H,23,24). The van der Waals surface area contributed by atoms with Crippen molar-refractivity contribution in [2.24, 2.45) is 0 Å². The molecule has 4 nitrogen and oxygen atoms in total. The summed E-state index contributed by atoms with van der Waals surface area (Å²) in [7, 11) is 0. The fourth-order valence-electron chi connectivity index (χ4n) is 2.25. The normalized spacial score (nSPS) is 11.2. The van der Waals surface area contributed by atoms with Gasteiger partial charge in [0.15, 0.2) is 0 Å². The van der Waals surface area contributed by atoms with Crippen LogP contribution in [0.1, 0.15) is 21.5 Å². The number of rotatable bonds is 5. The number of nitrogens with one attached hydrogen (secondary N) is 1. The average molecular weight is 361 g/mol. The Bertz CT molecular complexity index is 889. The van der Waals surface area contributed by atoms with Crippen LogP contribution < -0.4 is 10.1 Å². The number of ether oxygens (including phenoxy) is 1. The molecule has 1 aromatic heterocycles. The van der Waals surface area contributed by atoms with Crippen molar-refractivity contribution < 1.29 is 27.1 Å². The van der Waals surface area contributed by atoms with E-state index in [-0.39, 0.29) is 17.4 Å². The zero-order valence-electron chi connectivity index (χ0n) is 13.4. The number of halogens is 3. The van der Waals surface area contributed by atoms with Gasteiger partial charge in [0.2, 0.25) is 0 Å². The molecule has 0 unspecified atom stereocenters. The lowest BCUT2D eigenvalue weighted by molar-refractivity contribution is -0.137. The minimum absolute atomic E-state index is 0.0378. The molecule has 1 N–H and O–H groups in total. The van der Waals surface area contributed by atoms with Crippen LogP contribution in [0.15, 0.2) is 71.5 Å². The highest BCUT2D eigenvalue weighted by atomic mass is 19.4. The summed E-state index contributed by atoms with van der Waals surface area (Å²) in [6.45, 7) is 0.300. The van der Waals surface area contributed by atoms with Crippen LogP contribution in [0.4, 0.5) is 13.2 Å². The van der Waals surface area contributed by atoms with Gasteiger partial charge in [0.1, 0.15) is 11.5 Å². The molecule has 2 aromatic carbocycles. The van der Waals surface area contributed by atoms with E-state index in [0.717, 1.165) is 17.7 Å². The quantitative estimate of drug-likeness (QED) is 0.694. The summed E-state index contributed by atoms with van der Waals surface area (Å²) in [4.78, 5) is 12.2. The van der Waals surface area contributed by atoms with Crippen molar-refractivity contribution >= 4 is 5.91 Å². The molecule has 0 aliphatic rings. The summed E-state index contributed by atoms with van der Waals surface area (Å²) in [6.07, 6.45) is -1.42. The van der Waals surface area contributed by atoms with Crippen LogP contribution in [0.5, 0.6) is 11.5 Å². The second-order valence-electron chi connectivity index (χ2n) is 5.47. The zero-order chi connectivity index (χ0) is 18.6. The molecule has 26 heavy (non-hydrogen) atoms. The molecule has 134 valence electrons. The second kappa shape index (κ2) is 7.35. The smallest absolute Gasteiger partial charge is 0.416 e. The fraction of sp³-hybridized carbons (Fsp3) is 0.105. The maximum Gasteiger partial charge on any atom is 0.416 e. The fourth-order valence-corrected chi connectivity index (χ4v) is 2.25. The highest BCUT2D eigenvalue weighted by Gasteiger charge is 2.30. The second-order valence-corrected chi connectivity index (χ2v) is 5.47. The Morgan fingerprint density at radius 1 is 1.04 bits per heavy atom. The van der Waals surface area contributed by atoms with Gasteiger partial charge in [-0.1, -0.05) is 12.1 Å². The molecule has 0 bridgehead atoms. The van der Waals surface area contributed by atoms with Crippen molar-refractivity contribution in [3.63, 3.8) is 0 Å². The maximum absolute atomic E-state index is 12.8. The van der Waals surface area contributed by atoms with Gasteiger partial charge in [-0.15, -0.1) is 0 Å². The van der Waals surface area contributed by atoms with E-state index in [4.69, 9.17) is 9.15 Å². The number of benzene rings is 2. The molecule has 0 fully saturated rings. The Hall–Kier alpha value is -3.22. The van der Waals surface area contributed by atoms with Crippen LogP contribution in [-0.4, -0.2) is 5.91 Å². The highest BCUT2D eigenvalue weighted by Crippen LogP contribution is 2.32. The molecule has 1 heterocycles. The number of carbonyl (C=O) groups excluding carboxylic acids is 1. The van der Waals surface area contributed by atoms with Crippen LogP contribution in [0.2, 0.25) is 0 Å². The van der Waals surface area contributed by atoms with E-state index < -0.39 is 11.7 Å². The first-order chi connectivity index (χ1) is 12.4. The van der Waals surface area contributed by atoms with Crippen LogP contribution in [-0.2, 0) is 12.7 Å². The van der Waals surface area contributed by atoms with Gasteiger partial charge < -0.3 is 14.5 Å². The molecule has 0 aliphatic heterocycles. The van der Waals surface area contributed by atoms with Gasteiger partial charge in [-0.25, -0.2) is 0 Å². The summed E-state index contributed by atoms with van der Waals surface area (Å²) >= 11 is 0. The molecule has 7 heteroatoms. The summed E-state index contributed by atoms with van der Waals surface area (Å²) in [6, 6.07) is 12.5. The van der Waals surface area contributed by atoms with Gasteiger partial charge in [0.05, 0.1) is 18.1 Å². The Labute approximate surface area is 147 Å². The summed E-state index contributed by atoms with van der Waals surface area (Å²) in [5.74, 6) is -0.0308. The van der Waals surface area contributed by atoms with Crippen molar-refractivity contribution in [3.05, 3.63) is 83.8 Å². The molecule has 3 rings (SSSR count). The molecule has 0 aliphatic carbocycles. The molecule has 1 amide bonds. The van der Waals surface area contributed by atoms with E-state index in [0.29, 0.717) is 12.1 Å². The summed E-state index contributed by atoms with van der Waals surface area (Å²) in [5.41, 5.74) is 0.344. The first-order valence-electron chi connectivity index (χ1n) is 7.66. The number of furan rings is 1. The van der Waals surface area contributed by atoms with E-state index in [1.165, 1.54) is 30.7 Å². The third kappa shape index (κ3) is 4.44. The molecule has 0 saturated carbocycles. The molecule has 3 aromatic rings. The molecule has 0 saturated heterocycles. The minimum atomic E-state index is -4.45. The Balaban J connectivity index is 1.70. The first kappa shape index (κ1) is 17.6. The van der Waals surface area contributed by atoms with Crippen LogP contribution in [0.25, 0.3) is 0 Å². The Morgan fingerprint density at radius 2 is 1.77 bits per heavy atom. The lowest BCUT2D eigenvalue weighted by Crippen LogP contribution is -2.22. The van der Waals surface area contributed by atoms with E-state index in [1.54, 1.807) is 24.3 Å². The third-order valence-corrected chi connectivity index (χ3v) is 3.53. The average Bonchev–Trinajstić information content (AvgIpc) is 3.13. The monoisotopic (exact) mass is 361 g/mol. The topological polar surface area (TPSA) is 51.5 Å². The largest absolute Gasteiger partial charge is 0.472 e. The predicted octanol–water partition coefficient (Wildman–Crippen LogP) is 5.02. The van der Waals surface area contributed by atoms with E-state index in [9.17, 15) is 18.0 Å². The molecule has 0 radical (unpaired) electrons. The van der Waals surface area contributed by atoms with Crippen molar-refractivity contribution in [2.75, 3.05) is 0 Å². The number of hydrogen-bond donors (Lipinski definition) is 1. The molecular weight excluding hydrogens is 347 g/mol. The summed E-state index contributed by atoms with van der Waals surface area (Å²) in [5, 5.41) is 2.72. The van der Waals surface area contributed by atoms with Gasteiger partial charge in [-0.05, 0) is 42.5 Å². The molecular formula is C19H14F3NO3. The molecule has 0 atom stereocenters. The first-order valence-corrected chi connectivity index (χ1v) is 7.66. The Kier molecular flexibility index (Phi) is 4.97. The molecule has 0 spiro atoms. The van der Waals surface area contributed by atoms with E-state index in [2.05, 4.69) is 5.32 Å². The van der Waals surface area contributed by atoms with Crippen LogP contribution in [0, 0.1) is 0 Å². The maximum atomic E-state index is 12.8.